The van der Waals surface area contributed by atoms with E-state index in [1.54, 1.807) is 0 Å². The highest BCUT2D eigenvalue weighted by atomic mass is 35.5. The monoisotopic (exact) mass is 218 g/mol. The van der Waals surface area contributed by atoms with Crippen molar-refractivity contribution in [3.63, 3.8) is 0 Å². The number of unbranched alkanes of at least 4 members (excludes halogenated alkanes) is 1. The number of nitrogens with one attached hydrogen (secondary N) is 1. The van der Waals surface area contributed by atoms with E-state index in [1.165, 1.54) is 0 Å². The number of hydrogen-bond donors (Lipinski definition) is 2. The molecule has 0 fully saturated rings. The predicted octanol–water partition coefficient (Wildman–Crippen LogP) is 2.05. The largest absolute Gasteiger partial charge is 0.284 e. The number of rotatable bonds is 3. The number of H-pyrrole nitrogens is 1. The second-order valence-corrected chi connectivity index (χ2v) is 3.59. The molecule has 0 aromatic carbocycles. The lowest BCUT2D eigenvalue weighted by Crippen LogP contribution is -2.12. The first-order valence-corrected chi connectivity index (χ1v) is 4.95. The molecular weight excluding hydrogens is 208 g/mol. The van der Waals surface area contributed by atoms with E-state index in [0.29, 0.717) is 4.90 Å². The molecule has 0 spiro atoms. The van der Waals surface area contributed by atoms with E-state index < -0.39 is 0 Å². The van der Waals surface area contributed by atoms with Crippen LogP contribution in [-0.4, -0.2) is 10.2 Å². The summed E-state index contributed by atoms with van der Waals surface area (Å²) in [5, 5.41) is 6.34. The lowest BCUT2D eigenvalue weighted by Gasteiger charge is -2.02. The normalized spacial score (nSPS) is 10.4. The number of nitrogens with zero attached hydrogens (tertiary/aromatic N) is 1. The molecule has 0 bridgehead atoms. The van der Waals surface area contributed by atoms with Crippen LogP contribution in [0, 0.1) is 0 Å². The zero-order chi connectivity index (χ0) is 9.84. The number of halogens is 1. The van der Waals surface area contributed by atoms with Crippen molar-refractivity contribution in [2.45, 2.75) is 31.1 Å². The Hall–Kier alpha value is -0.480. The summed E-state index contributed by atoms with van der Waals surface area (Å²) in [6, 6.07) is 0. The van der Waals surface area contributed by atoms with E-state index >= 15 is 0 Å². The van der Waals surface area contributed by atoms with Gasteiger partial charge in [0.25, 0.3) is 5.56 Å². The molecule has 1 heterocycles. The quantitative estimate of drug-likeness (QED) is 0.763. The number of aromatic amines is 1. The molecule has 0 aliphatic heterocycles. The van der Waals surface area contributed by atoms with E-state index in [4.69, 9.17) is 11.6 Å². The first kappa shape index (κ1) is 10.6. The van der Waals surface area contributed by atoms with Crippen molar-refractivity contribution < 1.29 is 0 Å². The molecule has 3 nitrogen and oxygen atoms in total. The summed E-state index contributed by atoms with van der Waals surface area (Å²) in [6.07, 6.45) is 2.89. The number of thiol groups is 1. The van der Waals surface area contributed by atoms with Crippen LogP contribution in [0.2, 0.25) is 5.02 Å². The van der Waals surface area contributed by atoms with Gasteiger partial charge in [0.05, 0.1) is 10.6 Å². The van der Waals surface area contributed by atoms with Crippen molar-refractivity contribution in [3.05, 3.63) is 21.1 Å². The maximum absolute atomic E-state index is 11.0. The van der Waals surface area contributed by atoms with Crippen LogP contribution in [0.15, 0.2) is 9.69 Å². The third kappa shape index (κ3) is 2.48. The fraction of sp³-hybridized carbons (Fsp3) is 0.500. The zero-order valence-corrected chi connectivity index (χ0v) is 8.95. The van der Waals surface area contributed by atoms with Crippen molar-refractivity contribution in [2.24, 2.45) is 0 Å². The number of aryl methyl sites for hydroxylation is 1. The van der Waals surface area contributed by atoms with E-state index in [0.717, 1.165) is 25.0 Å². The van der Waals surface area contributed by atoms with Crippen LogP contribution in [0.3, 0.4) is 0 Å². The average molecular weight is 219 g/mol. The Labute approximate surface area is 86.9 Å². The van der Waals surface area contributed by atoms with Crippen molar-refractivity contribution in [3.8, 4) is 0 Å². The maximum Gasteiger partial charge on any atom is 0.284 e. The standard InChI is InChI=1S/C8H11ClN2OS/c1-2-3-4-5-7(13)6(9)8(12)11-10-5/h2-4H2,1H3,(H2,11,12,13). The molecule has 0 saturated heterocycles. The first-order chi connectivity index (χ1) is 6.16. The van der Waals surface area contributed by atoms with Gasteiger partial charge in [0.1, 0.15) is 5.02 Å². The van der Waals surface area contributed by atoms with Crippen molar-refractivity contribution in [2.75, 3.05) is 0 Å². The molecule has 0 aliphatic rings. The van der Waals surface area contributed by atoms with Gasteiger partial charge in [0, 0.05) is 0 Å². The second-order valence-electron chi connectivity index (χ2n) is 2.77. The van der Waals surface area contributed by atoms with Gasteiger partial charge in [0.15, 0.2) is 0 Å². The van der Waals surface area contributed by atoms with Crippen LogP contribution < -0.4 is 5.56 Å². The molecule has 1 aromatic heterocycles. The number of aromatic nitrogens is 2. The van der Waals surface area contributed by atoms with Gasteiger partial charge in [-0.25, -0.2) is 5.10 Å². The van der Waals surface area contributed by atoms with E-state index in [9.17, 15) is 4.79 Å². The lowest BCUT2D eigenvalue weighted by molar-refractivity contribution is 0.738. The summed E-state index contributed by atoms with van der Waals surface area (Å²) < 4.78 is 0. The van der Waals surface area contributed by atoms with Crippen LogP contribution in [-0.2, 0) is 6.42 Å². The van der Waals surface area contributed by atoms with Crippen molar-refractivity contribution in [1.29, 1.82) is 0 Å². The third-order valence-corrected chi connectivity index (χ3v) is 2.71. The summed E-state index contributed by atoms with van der Waals surface area (Å²) in [7, 11) is 0. The minimum Gasteiger partial charge on any atom is -0.266 e. The Balaban J connectivity index is 2.97. The minimum atomic E-state index is -0.382. The summed E-state index contributed by atoms with van der Waals surface area (Å²) in [5.41, 5.74) is 0.377. The Bertz CT molecular complexity index is 350. The average Bonchev–Trinajstić information content (AvgIpc) is 2.13. The molecule has 0 aliphatic carbocycles. The topological polar surface area (TPSA) is 45.8 Å². The molecule has 13 heavy (non-hydrogen) atoms. The SMILES string of the molecule is CCCCc1n[nH]c(=O)c(Cl)c1S. The molecule has 0 atom stereocenters. The highest BCUT2D eigenvalue weighted by Gasteiger charge is 2.07. The van der Waals surface area contributed by atoms with Crippen LogP contribution in [0.1, 0.15) is 25.5 Å². The van der Waals surface area contributed by atoms with Crippen LogP contribution in [0.4, 0.5) is 0 Å². The summed E-state index contributed by atoms with van der Waals surface area (Å²) >= 11 is 9.84. The van der Waals surface area contributed by atoms with E-state index in [-0.39, 0.29) is 10.6 Å². The highest BCUT2D eigenvalue weighted by Crippen LogP contribution is 2.18. The van der Waals surface area contributed by atoms with Crippen LogP contribution in [0.5, 0.6) is 0 Å². The fourth-order valence-electron chi connectivity index (χ4n) is 0.973. The van der Waals surface area contributed by atoms with Gasteiger partial charge < -0.3 is 0 Å². The third-order valence-electron chi connectivity index (χ3n) is 1.74. The first-order valence-electron chi connectivity index (χ1n) is 4.12. The number of hydrogen-bond acceptors (Lipinski definition) is 3. The van der Waals surface area contributed by atoms with Gasteiger partial charge in [-0.3, -0.25) is 4.79 Å². The van der Waals surface area contributed by atoms with Gasteiger partial charge >= 0.3 is 0 Å². The Morgan fingerprint density at radius 2 is 2.31 bits per heavy atom. The summed E-state index contributed by atoms with van der Waals surface area (Å²) in [4.78, 5) is 11.5. The lowest BCUT2D eigenvalue weighted by atomic mass is 10.2. The maximum atomic E-state index is 11.0. The fourth-order valence-corrected chi connectivity index (χ4v) is 1.39. The second kappa shape index (κ2) is 4.67. The van der Waals surface area contributed by atoms with Crippen LogP contribution in [0.25, 0.3) is 0 Å². The molecule has 1 N–H and O–H groups in total. The Morgan fingerprint density at radius 3 is 2.92 bits per heavy atom. The van der Waals surface area contributed by atoms with Gasteiger partial charge in [-0.15, -0.1) is 12.6 Å². The molecule has 0 amide bonds. The van der Waals surface area contributed by atoms with Crippen LogP contribution >= 0.6 is 24.2 Å². The minimum absolute atomic E-state index is 0.129. The molecule has 72 valence electrons. The van der Waals surface area contributed by atoms with E-state index in [1.807, 2.05) is 0 Å². The summed E-state index contributed by atoms with van der Waals surface area (Å²) in [5.74, 6) is 0. The highest BCUT2D eigenvalue weighted by molar-refractivity contribution is 7.80. The van der Waals surface area contributed by atoms with E-state index in [2.05, 4.69) is 29.7 Å². The van der Waals surface area contributed by atoms with Crippen molar-refractivity contribution in [1.82, 2.24) is 10.2 Å². The van der Waals surface area contributed by atoms with Gasteiger partial charge in [0.2, 0.25) is 0 Å². The molecular formula is C8H11ClN2OS. The van der Waals surface area contributed by atoms with Gasteiger partial charge in [-0.2, -0.15) is 5.10 Å². The molecule has 1 rings (SSSR count). The molecule has 0 radical (unpaired) electrons. The Morgan fingerprint density at radius 1 is 1.62 bits per heavy atom. The molecule has 0 unspecified atom stereocenters. The van der Waals surface area contributed by atoms with Crippen molar-refractivity contribution >= 4 is 24.2 Å². The van der Waals surface area contributed by atoms with Gasteiger partial charge in [-0.05, 0) is 12.8 Å². The van der Waals surface area contributed by atoms with Gasteiger partial charge in [-0.1, -0.05) is 24.9 Å². The molecule has 1 aromatic rings. The Kier molecular flexibility index (Phi) is 3.81. The summed E-state index contributed by atoms with van der Waals surface area (Å²) in [6.45, 7) is 2.09. The molecule has 5 heteroatoms. The smallest absolute Gasteiger partial charge is 0.266 e. The zero-order valence-electron chi connectivity index (χ0n) is 7.30. The molecule has 0 saturated carbocycles. The predicted molar refractivity (Wildman–Crippen MR) is 55.7 cm³/mol.